The molecule has 1 aliphatic rings. The van der Waals surface area contributed by atoms with Gasteiger partial charge in [0.15, 0.2) is 5.82 Å². The Hall–Kier alpha value is -17.1. The molecule has 0 radical (unpaired) electrons. The number of thiophene rings is 4. The van der Waals surface area contributed by atoms with E-state index in [1.165, 1.54) is 110 Å². The fourth-order valence-electron chi connectivity index (χ4n) is 22.2. The average Bonchev–Trinajstić information content (AvgIpc) is 1.56. The quantitative estimate of drug-likeness (QED) is 0.153. The highest BCUT2D eigenvalue weighted by Gasteiger charge is 2.37. The molecule has 0 N–H and O–H groups in total. The number of furan rings is 3. The van der Waals surface area contributed by atoms with Gasteiger partial charge < -0.3 is 17.8 Å². The van der Waals surface area contributed by atoms with E-state index in [9.17, 15) is 0 Å². The molecule has 31 aromatic rings. The van der Waals surface area contributed by atoms with Crippen LogP contribution in [0.3, 0.4) is 0 Å². The van der Waals surface area contributed by atoms with E-state index in [2.05, 4.69) is 379 Å². The molecule has 139 heavy (non-hydrogen) atoms. The van der Waals surface area contributed by atoms with E-state index in [-0.39, 0.29) is 5.41 Å². The normalized spacial score (nSPS) is 12.7. The third kappa shape index (κ3) is 11.8. The Bertz CT molecular complexity index is 10600. The van der Waals surface area contributed by atoms with Gasteiger partial charge in [0, 0.05) is 164 Å². The van der Waals surface area contributed by atoms with Gasteiger partial charge in [0.2, 0.25) is 17.6 Å². The maximum absolute atomic E-state index is 6.67. The van der Waals surface area contributed by atoms with Gasteiger partial charge in [0.05, 0.1) is 55.6 Å². The number of rotatable bonds is 7. The highest BCUT2D eigenvalue weighted by atomic mass is 32.1. The van der Waals surface area contributed by atoms with Crippen LogP contribution in [0.25, 0.3) is 286 Å². The molecule has 0 fully saturated rings. The van der Waals surface area contributed by atoms with Crippen LogP contribution in [-0.4, -0.2) is 43.6 Å². The maximum atomic E-state index is 6.67. The smallest absolute Gasteiger partial charge is 0.238 e. The molecule has 32 rings (SSSR count). The van der Waals surface area contributed by atoms with Gasteiger partial charge in [-0.15, -0.1) is 45.3 Å². The summed E-state index contributed by atoms with van der Waals surface area (Å²) in [6.07, 6.45) is 0. The molecule has 0 amide bonds. The molecule has 0 aliphatic heterocycles. The van der Waals surface area contributed by atoms with Crippen molar-refractivity contribution in [3.05, 3.63) is 405 Å². The second kappa shape index (κ2) is 29.9. The Balaban J connectivity index is 0.0000000983. The minimum Gasteiger partial charge on any atom is -0.456 e. The van der Waals surface area contributed by atoms with E-state index in [1.54, 1.807) is 34.0 Å². The van der Waals surface area contributed by atoms with E-state index in [1.807, 2.05) is 53.8 Å². The molecular formula is C123H71N9O3S4. The minimum absolute atomic E-state index is 0.124. The summed E-state index contributed by atoms with van der Waals surface area (Å²) in [7, 11) is 0. The summed E-state index contributed by atoms with van der Waals surface area (Å²) < 4.78 is 33.5. The van der Waals surface area contributed by atoms with E-state index in [0.29, 0.717) is 17.6 Å². The molecule has 0 atom stereocenters. The van der Waals surface area contributed by atoms with Crippen LogP contribution in [0.2, 0.25) is 0 Å². The second-order valence-electron chi connectivity index (χ2n) is 36.6. The van der Waals surface area contributed by atoms with Crippen molar-refractivity contribution < 1.29 is 13.3 Å². The molecule has 0 spiro atoms. The molecule has 0 saturated heterocycles. The van der Waals surface area contributed by atoms with Crippen LogP contribution in [0.1, 0.15) is 25.0 Å². The van der Waals surface area contributed by atoms with Gasteiger partial charge in [-0.2, -0.15) is 4.98 Å². The molecule has 1 aliphatic carbocycles. The SMILES string of the molecule is CC1(C)c2ccccc2-c2ccc(-c3nc(-n4c5ccccc5c5ccccc54)nc4sc5cc6c(cc5c34)oc3ccccc36)cc21.c1ccc(-c2nc(-c3cccc(-n4c5ccccc5c5ccccc54)c3)c3c(n2)sc2cc4c(cc23)sc2ccccc24)cc1.c1ccc2c(c1)oc1ccc(-c3nc(-n4c5ccccc5c5ccccc54)nc4oc5cc6c(cc5c34)sc3ccccc36)cc12. The van der Waals surface area contributed by atoms with Gasteiger partial charge >= 0.3 is 0 Å². The van der Waals surface area contributed by atoms with E-state index in [0.717, 1.165) is 170 Å². The van der Waals surface area contributed by atoms with Crippen molar-refractivity contribution in [2.45, 2.75) is 19.3 Å². The predicted octanol–water partition coefficient (Wildman–Crippen LogP) is 34.9. The first-order valence-electron chi connectivity index (χ1n) is 46.6. The summed E-state index contributed by atoms with van der Waals surface area (Å²) in [6, 6.07) is 140. The Kier molecular flexibility index (Phi) is 16.9. The highest BCUT2D eigenvalue weighted by Crippen LogP contribution is 2.54. The maximum Gasteiger partial charge on any atom is 0.238 e. The third-order valence-electron chi connectivity index (χ3n) is 28.5. The standard InChI is InChI=1S/C43H27N3OS.C40H21N3O2S.C40H23N3S2/c1-43(2)32-15-7-3-11-25(32)26-20-19-24(21-33(26)43)40-39-31-22-37-30(29-14-6-10-18-36(29)47-37)23-38(31)48-41(39)45-42(44-40)46-34-16-8-4-12-27(34)28-13-5-9-17-35(28)46;1-5-13-30-23(9-1)24-10-2-6-14-31(24)43(30)40-41-38(22-17-18-33-27(19-22)25-11-3-7-15-32(25)44-33)37-29-21-36-28(20-34(29)45-39(37)42-40)26-12-4-8-16-35(26)46-36;1-2-11-24(12-3-1)39-41-38(37-31-23-35-30(22-36(31)45-40(37)42-39)29-17-6-9-20-34(29)44-35)25-13-10-14-26(21-25)43-32-18-7-4-15-27(32)28-16-5-8-19-33(28)43/h3-23H,1-2H3;1-21H;1-23H. The van der Waals surface area contributed by atoms with Crippen LogP contribution in [0.5, 0.6) is 0 Å². The average molecular weight is 1850 g/mol. The van der Waals surface area contributed by atoms with Gasteiger partial charge in [0.1, 0.15) is 37.6 Å². The third-order valence-corrected chi connectivity index (χ3v) is 32.9. The van der Waals surface area contributed by atoms with Crippen molar-refractivity contribution in [3.63, 3.8) is 0 Å². The zero-order chi connectivity index (χ0) is 91.1. The van der Waals surface area contributed by atoms with Crippen molar-refractivity contribution in [2.75, 3.05) is 0 Å². The molecule has 650 valence electrons. The molecule has 18 aromatic carbocycles. The summed E-state index contributed by atoms with van der Waals surface area (Å²) in [5.41, 5.74) is 24.7. The number of para-hydroxylation sites is 8. The lowest BCUT2D eigenvalue weighted by Gasteiger charge is -2.22. The summed E-state index contributed by atoms with van der Waals surface area (Å²) in [5.74, 6) is 2.00. The van der Waals surface area contributed by atoms with Crippen LogP contribution in [0.15, 0.2) is 408 Å². The number of hydrogen-bond acceptors (Lipinski definition) is 13. The zero-order valence-corrected chi connectivity index (χ0v) is 77.7. The summed E-state index contributed by atoms with van der Waals surface area (Å²) in [5, 5.41) is 23.1. The topological polar surface area (TPSA) is 132 Å². The molecule has 13 heterocycles. The first-order valence-corrected chi connectivity index (χ1v) is 49.8. The number of fused-ring (bicyclic) bond motifs is 33. The monoisotopic (exact) mass is 1850 g/mol. The number of benzene rings is 18. The molecule has 13 aromatic heterocycles. The van der Waals surface area contributed by atoms with Gasteiger partial charge in [-0.25, -0.2) is 24.9 Å². The number of nitrogens with zero attached hydrogens (tertiary/aromatic N) is 9. The molecule has 0 saturated carbocycles. The van der Waals surface area contributed by atoms with Crippen molar-refractivity contribution in [1.29, 1.82) is 0 Å². The Morgan fingerprint density at radius 3 is 1.24 bits per heavy atom. The molecule has 12 nitrogen and oxygen atoms in total. The van der Waals surface area contributed by atoms with Crippen molar-refractivity contribution in [2.24, 2.45) is 0 Å². The Morgan fingerprint density at radius 1 is 0.223 bits per heavy atom. The molecular weight excluding hydrogens is 1780 g/mol. The Morgan fingerprint density at radius 2 is 0.626 bits per heavy atom. The van der Waals surface area contributed by atoms with Gasteiger partial charge in [-0.05, 0) is 156 Å². The van der Waals surface area contributed by atoms with E-state index in [4.69, 9.17) is 43.2 Å². The lowest BCUT2D eigenvalue weighted by Crippen LogP contribution is -2.15. The molecule has 0 unspecified atom stereocenters. The lowest BCUT2D eigenvalue weighted by atomic mass is 9.82. The largest absolute Gasteiger partial charge is 0.456 e. The fourth-order valence-corrected chi connectivity index (χ4v) is 26.6. The Labute approximate surface area is 806 Å². The van der Waals surface area contributed by atoms with E-state index < -0.39 is 0 Å². The fraction of sp³-hybridized carbons (Fsp3) is 0.0244. The molecule has 0 bridgehead atoms. The van der Waals surface area contributed by atoms with Crippen LogP contribution in [0, 0.1) is 0 Å². The van der Waals surface area contributed by atoms with Crippen LogP contribution in [-0.2, 0) is 5.41 Å². The zero-order valence-electron chi connectivity index (χ0n) is 74.4. The van der Waals surface area contributed by atoms with Gasteiger partial charge in [0.25, 0.3) is 0 Å². The first kappa shape index (κ1) is 78.2. The van der Waals surface area contributed by atoms with Crippen molar-refractivity contribution >= 4 is 258 Å². The lowest BCUT2D eigenvalue weighted by molar-refractivity contribution is 0.652. The summed E-state index contributed by atoms with van der Waals surface area (Å²) in [4.78, 5) is 33.9. The number of aromatic nitrogens is 9. The summed E-state index contributed by atoms with van der Waals surface area (Å²) >= 11 is 7.14. The highest BCUT2D eigenvalue weighted by molar-refractivity contribution is 7.28. The van der Waals surface area contributed by atoms with E-state index >= 15 is 0 Å². The van der Waals surface area contributed by atoms with Crippen LogP contribution >= 0.6 is 45.3 Å². The van der Waals surface area contributed by atoms with Gasteiger partial charge in [-0.1, -0.05) is 275 Å². The number of hydrogen-bond donors (Lipinski definition) is 0. The second-order valence-corrected chi connectivity index (χ2v) is 40.8. The van der Waals surface area contributed by atoms with Crippen molar-refractivity contribution in [3.8, 4) is 73.9 Å². The molecule has 16 heteroatoms. The van der Waals surface area contributed by atoms with Crippen molar-refractivity contribution in [1.82, 2.24) is 43.6 Å². The van der Waals surface area contributed by atoms with Crippen LogP contribution in [0.4, 0.5) is 0 Å². The summed E-state index contributed by atoms with van der Waals surface area (Å²) in [6.45, 7) is 4.66. The first-order chi connectivity index (χ1) is 68.6. The van der Waals surface area contributed by atoms with Gasteiger partial charge in [-0.3, -0.25) is 9.13 Å². The minimum atomic E-state index is -0.124. The predicted molar refractivity (Wildman–Crippen MR) is 582 cm³/mol. The van der Waals surface area contributed by atoms with Crippen LogP contribution < -0.4 is 0 Å².